The van der Waals surface area contributed by atoms with Crippen LogP contribution in [0.1, 0.15) is 23.6 Å². The molecular formula is C17H21BrN2. The highest BCUT2D eigenvalue weighted by Crippen LogP contribution is 2.21. The Morgan fingerprint density at radius 1 is 1.05 bits per heavy atom. The first kappa shape index (κ1) is 15.1. The number of aryl methyl sites for hydroxylation is 1. The Kier molecular flexibility index (Phi) is 5.21. The molecule has 3 heteroatoms. The van der Waals surface area contributed by atoms with E-state index in [2.05, 4.69) is 65.0 Å². The van der Waals surface area contributed by atoms with Crippen molar-refractivity contribution in [2.45, 2.75) is 26.9 Å². The van der Waals surface area contributed by atoms with Crippen LogP contribution in [-0.2, 0) is 13.1 Å². The van der Waals surface area contributed by atoms with Crippen molar-refractivity contribution in [3.8, 4) is 0 Å². The van der Waals surface area contributed by atoms with Gasteiger partial charge in [-0.05, 0) is 42.3 Å². The van der Waals surface area contributed by atoms with Crippen molar-refractivity contribution in [1.29, 1.82) is 0 Å². The van der Waals surface area contributed by atoms with E-state index < -0.39 is 0 Å². The maximum Gasteiger partial charge on any atom is 0.0371 e. The molecule has 0 spiro atoms. The Balaban J connectivity index is 2.11. The van der Waals surface area contributed by atoms with Crippen molar-refractivity contribution in [2.75, 3.05) is 12.3 Å². The van der Waals surface area contributed by atoms with Crippen molar-refractivity contribution in [1.82, 2.24) is 4.90 Å². The van der Waals surface area contributed by atoms with Gasteiger partial charge >= 0.3 is 0 Å². The summed E-state index contributed by atoms with van der Waals surface area (Å²) in [5.41, 5.74) is 10.8. The quantitative estimate of drug-likeness (QED) is 0.824. The highest BCUT2D eigenvalue weighted by Gasteiger charge is 2.08. The summed E-state index contributed by atoms with van der Waals surface area (Å²) in [6.45, 7) is 7.19. The molecule has 0 aliphatic rings. The average Bonchev–Trinajstić information content (AvgIpc) is 2.43. The van der Waals surface area contributed by atoms with E-state index in [-0.39, 0.29) is 0 Å². The zero-order chi connectivity index (χ0) is 14.5. The van der Waals surface area contributed by atoms with E-state index in [9.17, 15) is 0 Å². The van der Waals surface area contributed by atoms with Gasteiger partial charge in [0, 0.05) is 23.2 Å². The van der Waals surface area contributed by atoms with E-state index in [4.69, 9.17) is 5.73 Å². The number of rotatable bonds is 5. The van der Waals surface area contributed by atoms with Crippen molar-refractivity contribution >= 4 is 21.6 Å². The summed E-state index contributed by atoms with van der Waals surface area (Å²) in [5, 5.41) is 0. The van der Waals surface area contributed by atoms with E-state index in [0.717, 1.165) is 29.8 Å². The molecule has 2 aromatic carbocycles. The van der Waals surface area contributed by atoms with E-state index in [0.29, 0.717) is 0 Å². The predicted octanol–water partition coefficient (Wildman–Crippen LogP) is 4.36. The molecule has 0 atom stereocenters. The summed E-state index contributed by atoms with van der Waals surface area (Å²) >= 11 is 3.45. The number of halogens is 1. The number of anilines is 1. The Labute approximate surface area is 129 Å². The van der Waals surface area contributed by atoms with Crippen molar-refractivity contribution in [3.05, 3.63) is 63.6 Å². The lowest BCUT2D eigenvalue weighted by atomic mass is 10.1. The second-order valence-electron chi connectivity index (χ2n) is 5.07. The Morgan fingerprint density at radius 3 is 2.40 bits per heavy atom. The van der Waals surface area contributed by atoms with Crippen molar-refractivity contribution in [2.24, 2.45) is 0 Å². The summed E-state index contributed by atoms with van der Waals surface area (Å²) in [6.07, 6.45) is 0. The molecule has 0 aliphatic carbocycles. The molecule has 0 heterocycles. The molecule has 0 saturated heterocycles. The fraction of sp³-hybridized carbons (Fsp3) is 0.294. The van der Waals surface area contributed by atoms with Gasteiger partial charge < -0.3 is 5.73 Å². The minimum atomic E-state index is 0.850. The number of nitrogen functional groups attached to an aromatic ring is 1. The molecule has 0 fully saturated rings. The fourth-order valence-electron chi connectivity index (χ4n) is 2.26. The molecule has 0 aliphatic heterocycles. The van der Waals surface area contributed by atoms with Crippen LogP contribution in [0, 0.1) is 6.92 Å². The zero-order valence-electron chi connectivity index (χ0n) is 12.1. The van der Waals surface area contributed by atoms with E-state index in [1.807, 2.05) is 12.1 Å². The van der Waals surface area contributed by atoms with Gasteiger partial charge in [0.25, 0.3) is 0 Å². The van der Waals surface area contributed by atoms with Crippen LogP contribution in [-0.4, -0.2) is 11.4 Å². The van der Waals surface area contributed by atoms with Gasteiger partial charge in [0.1, 0.15) is 0 Å². The summed E-state index contributed by atoms with van der Waals surface area (Å²) in [7, 11) is 0. The summed E-state index contributed by atoms with van der Waals surface area (Å²) in [6, 6.07) is 14.7. The van der Waals surface area contributed by atoms with Crippen LogP contribution in [0.4, 0.5) is 5.69 Å². The number of benzene rings is 2. The molecule has 2 aromatic rings. The third-order valence-corrected chi connectivity index (χ3v) is 4.10. The minimum absolute atomic E-state index is 0.850. The smallest absolute Gasteiger partial charge is 0.0371 e. The van der Waals surface area contributed by atoms with Gasteiger partial charge in [-0.1, -0.05) is 53.2 Å². The van der Waals surface area contributed by atoms with Gasteiger partial charge in [-0.2, -0.15) is 0 Å². The first-order chi connectivity index (χ1) is 9.60. The number of nitrogens with two attached hydrogens (primary N) is 1. The van der Waals surface area contributed by atoms with Gasteiger partial charge in [0.2, 0.25) is 0 Å². The van der Waals surface area contributed by atoms with Crippen molar-refractivity contribution < 1.29 is 0 Å². The second-order valence-corrected chi connectivity index (χ2v) is 5.99. The molecule has 0 aromatic heterocycles. The SMILES string of the molecule is CCN(Cc1ccccc1C)Cc1ccc(Br)cc1N. The highest BCUT2D eigenvalue weighted by molar-refractivity contribution is 9.10. The number of hydrogen-bond acceptors (Lipinski definition) is 2. The molecule has 106 valence electrons. The third kappa shape index (κ3) is 3.84. The van der Waals surface area contributed by atoms with Gasteiger partial charge in [0.05, 0.1) is 0 Å². The zero-order valence-corrected chi connectivity index (χ0v) is 13.7. The monoisotopic (exact) mass is 332 g/mol. The average molecular weight is 333 g/mol. The van der Waals surface area contributed by atoms with Crippen LogP contribution >= 0.6 is 15.9 Å². The Morgan fingerprint density at radius 2 is 1.75 bits per heavy atom. The molecule has 20 heavy (non-hydrogen) atoms. The highest BCUT2D eigenvalue weighted by atomic mass is 79.9. The topological polar surface area (TPSA) is 29.3 Å². The summed E-state index contributed by atoms with van der Waals surface area (Å²) < 4.78 is 1.03. The maximum atomic E-state index is 6.09. The van der Waals surface area contributed by atoms with Crippen LogP contribution < -0.4 is 5.73 Å². The standard InChI is InChI=1S/C17H21BrN2/c1-3-20(11-14-7-5-4-6-13(14)2)12-15-8-9-16(18)10-17(15)19/h4-10H,3,11-12,19H2,1-2H3. The Bertz CT molecular complexity index is 581. The first-order valence-electron chi connectivity index (χ1n) is 6.91. The lowest BCUT2D eigenvalue weighted by Crippen LogP contribution is -2.23. The molecule has 0 unspecified atom stereocenters. The van der Waals surface area contributed by atoms with Crippen molar-refractivity contribution in [3.63, 3.8) is 0 Å². The largest absolute Gasteiger partial charge is 0.398 e. The summed E-state index contributed by atoms with van der Waals surface area (Å²) in [4.78, 5) is 2.40. The Hall–Kier alpha value is -1.32. The van der Waals surface area contributed by atoms with E-state index in [1.165, 1.54) is 16.7 Å². The van der Waals surface area contributed by atoms with Crippen LogP contribution in [0.5, 0.6) is 0 Å². The van der Waals surface area contributed by atoms with Crippen LogP contribution in [0.25, 0.3) is 0 Å². The number of hydrogen-bond donors (Lipinski definition) is 1. The molecule has 0 bridgehead atoms. The van der Waals surface area contributed by atoms with Gasteiger partial charge in [-0.15, -0.1) is 0 Å². The van der Waals surface area contributed by atoms with Gasteiger partial charge in [-0.3, -0.25) is 4.90 Å². The second kappa shape index (κ2) is 6.91. The lowest BCUT2D eigenvalue weighted by Gasteiger charge is -2.22. The molecule has 0 amide bonds. The molecule has 2 nitrogen and oxygen atoms in total. The molecule has 0 saturated carbocycles. The molecule has 2 rings (SSSR count). The number of nitrogens with zero attached hydrogens (tertiary/aromatic N) is 1. The van der Waals surface area contributed by atoms with Crippen LogP contribution in [0.2, 0.25) is 0 Å². The van der Waals surface area contributed by atoms with E-state index >= 15 is 0 Å². The molecule has 2 N–H and O–H groups in total. The van der Waals surface area contributed by atoms with Gasteiger partial charge in [0.15, 0.2) is 0 Å². The third-order valence-electron chi connectivity index (χ3n) is 3.60. The molecule has 0 radical (unpaired) electrons. The first-order valence-corrected chi connectivity index (χ1v) is 7.70. The molecular weight excluding hydrogens is 312 g/mol. The minimum Gasteiger partial charge on any atom is -0.398 e. The lowest BCUT2D eigenvalue weighted by molar-refractivity contribution is 0.271. The van der Waals surface area contributed by atoms with Crippen LogP contribution in [0.15, 0.2) is 46.9 Å². The normalized spacial score (nSPS) is 11.0. The van der Waals surface area contributed by atoms with Gasteiger partial charge in [-0.25, -0.2) is 0 Å². The maximum absolute atomic E-state index is 6.09. The fourth-order valence-corrected chi connectivity index (χ4v) is 2.64. The summed E-state index contributed by atoms with van der Waals surface area (Å²) in [5.74, 6) is 0. The van der Waals surface area contributed by atoms with E-state index in [1.54, 1.807) is 0 Å². The van der Waals surface area contributed by atoms with Crippen LogP contribution in [0.3, 0.4) is 0 Å². The predicted molar refractivity (Wildman–Crippen MR) is 89.5 cm³/mol.